The summed E-state index contributed by atoms with van der Waals surface area (Å²) in [5.74, 6) is -0.581. The molecule has 134 valence electrons. The van der Waals surface area contributed by atoms with Crippen LogP contribution in [0.15, 0.2) is 68.4 Å². The number of anilines is 1. The number of benzene rings is 2. The third-order valence-corrected chi connectivity index (χ3v) is 5.67. The van der Waals surface area contributed by atoms with Crippen LogP contribution in [0.3, 0.4) is 0 Å². The number of carbonyl (C=O) groups is 1. The van der Waals surface area contributed by atoms with Crippen molar-refractivity contribution in [2.45, 2.75) is 11.3 Å². The summed E-state index contributed by atoms with van der Waals surface area (Å²) in [7, 11) is -3.52. The van der Waals surface area contributed by atoms with Crippen LogP contribution in [0.25, 0.3) is 11.5 Å². The monoisotopic (exact) mass is 435 g/mol. The first kappa shape index (κ1) is 18.3. The van der Waals surface area contributed by atoms with E-state index in [0.717, 1.165) is 4.47 Å². The molecule has 3 aromatic rings. The number of nitrogens with one attached hydrogen (secondary N) is 1. The minimum atomic E-state index is -3.52. The van der Waals surface area contributed by atoms with Crippen LogP contribution < -0.4 is 5.32 Å². The molecule has 0 atom stereocenters. The van der Waals surface area contributed by atoms with Crippen LogP contribution in [-0.4, -0.2) is 30.3 Å². The fourth-order valence-electron chi connectivity index (χ4n) is 2.17. The summed E-state index contributed by atoms with van der Waals surface area (Å²) in [4.78, 5) is 12.2. The standard InChI is InChI=1S/C17H14BrN3O4S/c18-13-6-4-5-12(11-13)16-20-21-17(25-16)19-15(22)9-10-26(23,24)14-7-2-1-3-8-14/h1-8,11H,9-10H2,(H,19,21,22). The molecule has 3 rings (SSSR count). The number of rotatable bonds is 6. The molecule has 26 heavy (non-hydrogen) atoms. The lowest BCUT2D eigenvalue weighted by atomic mass is 10.2. The Bertz CT molecular complexity index is 1020. The van der Waals surface area contributed by atoms with Crippen molar-refractivity contribution in [3.63, 3.8) is 0 Å². The van der Waals surface area contributed by atoms with E-state index in [1.807, 2.05) is 12.1 Å². The smallest absolute Gasteiger partial charge is 0.322 e. The molecule has 0 saturated heterocycles. The molecule has 1 aromatic heterocycles. The largest absolute Gasteiger partial charge is 0.403 e. The second kappa shape index (κ2) is 7.79. The Balaban J connectivity index is 1.61. The SMILES string of the molecule is O=C(CCS(=O)(=O)c1ccccc1)Nc1nnc(-c2cccc(Br)c2)o1. The van der Waals surface area contributed by atoms with Gasteiger partial charge in [0.15, 0.2) is 9.84 Å². The maximum Gasteiger partial charge on any atom is 0.322 e. The van der Waals surface area contributed by atoms with Crippen molar-refractivity contribution in [1.29, 1.82) is 0 Å². The highest BCUT2D eigenvalue weighted by Gasteiger charge is 2.17. The second-order valence-corrected chi connectivity index (χ2v) is 8.38. The van der Waals surface area contributed by atoms with Gasteiger partial charge in [-0.3, -0.25) is 10.1 Å². The van der Waals surface area contributed by atoms with E-state index in [0.29, 0.717) is 5.56 Å². The van der Waals surface area contributed by atoms with Gasteiger partial charge < -0.3 is 4.42 Å². The van der Waals surface area contributed by atoms with Crippen LogP contribution in [0.4, 0.5) is 6.01 Å². The van der Waals surface area contributed by atoms with E-state index >= 15 is 0 Å². The highest BCUT2D eigenvalue weighted by atomic mass is 79.9. The average Bonchev–Trinajstić information content (AvgIpc) is 3.09. The maximum atomic E-state index is 12.2. The minimum Gasteiger partial charge on any atom is -0.403 e. The summed E-state index contributed by atoms with van der Waals surface area (Å²) in [5, 5.41) is 10.0. The number of carbonyl (C=O) groups excluding carboxylic acids is 1. The molecule has 0 radical (unpaired) electrons. The molecule has 9 heteroatoms. The van der Waals surface area contributed by atoms with Gasteiger partial charge in [0.05, 0.1) is 10.6 Å². The van der Waals surface area contributed by atoms with E-state index in [9.17, 15) is 13.2 Å². The quantitative estimate of drug-likeness (QED) is 0.636. The molecule has 1 heterocycles. The number of hydrogen-bond donors (Lipinski definition) is 1. The Morgan fingerprint density at radius 2 is 1.85 bits per heavy atom. The van der Waals surface area contributed by atoms with Crippen molar-refractivity contribution < 1.29 is 17.6 Å². The lowest BCUT2D eigenvalue weighted by Crippen LogP contribution is -2.17. The summed E-state index contributed by atoms with van der Waals surface area (Å²) in [5.41, 5.74) is 0.694. The van der Waals surface area contributed by atoms with Crippen molar-refractivity contribution in [2.24, 2.45) is 0 Å². The van der Waals surface area contributed by atoms with Gasteiger partial charge in [-0.05, 0) is 30.3 Å². The van der Waals surface area contributed by atoms with Crippen LogP contribution >= 0.6 is 15.9 Å². The predicted octanol–water partition coefficient (Wildman–Crippen LogP) is 3.30. The molecule has 0 unspecified atom stereocenters. The van der Waals surface area contributed by atoms with Gasteiger partial charge in [-0.2, -0.15) is 0 Å². The molecule has 1 amide bonds. The van der Waals surface area contributed by atoms with Crippen LogP contribution in [0.2, 0.25) is 0 Å². The van der Waals surface area contributed by atoms with E-state index in [1.54, 1.807) is 30.3 Å². The normalized spacial score (nSPS) is 11.3. The van der Waals surface area contributed by atoms with Crippen molar-refractivity contribution in [3.8, 4) is 11.5 Å². The minimum absolute atomic E-state index is 0.0814. The average molecular weight is 436 g/mol. The van der Waals surface area contributed by atoms with Gasteiger partial charge in [0.1, 0.15) is 0 Å². The number of amides is 1. The van der Waals surface area contributed by atoms with Crippen molar-refractivity contribution in [3.05, 3.63) is 59.1 Å². The first-order valence-electron chi connectivity index (χ1n) is 7.61. The zero-order valence-corrected chi connectivity index (χ0v) is 15.8. The molecule has 0 bridgehead atoms. The fraction of sp³-hybridized carbons (Fsp3) is 0.118. The second-order valence-electron chi connectivity index (χ2n) is 5.35. The first-order valence-corrected chi connectivity index (χ1v) is 10.1. The van der Waals surface area contributed by atoms with Gasteiger partial charge >= 0.3 is 6.01 Å². The summed E-state index contributed by atoms with van der Waals surface area (Å²) < 4.78 is 30.6. The highest BCUT2D eigenvalue weighted by molar-refractivity contribution is 9.10. The Hall–Kier alpha value is -2.52. The first-order chi connectivity index (χ1) is 12.4. The molecule has 2 aromatic carbocycles. The van der Waals surface area contributed by atoms with Crippen LogP contribution in [-0.2, 0) is 14.6 Å². The lowest BCUT2D eigenvalue weighted by Gasteiger charge is -2.04. The molecule has 0 aliphatic carbocycles. The lowest BCUT2D eigenvalue weighted by molar-refractivity contribution is -0.115. The number of sulfone groups is 1. The Morgan fingerprint density at radius 1 is 1.08 bits per heavy atom. The van der Waals surface area contributed by atoms with Crippen LogP contribution in [0, 0.1) is 0 Å². The van der Waals surface area contributed by atoms with Crippen molar-refractivity contribution in [1.82, 2.24) is 10.2 Å². The summed E-state index contributed by atoms with van der Waals surface area (Å²) in [6.45, 7) is 0. The number of nitrogens with zero attached hydrogens (tertiary/aromatic N) is 2. The van der Waals surface area contributed by atoms with Gasteiger partial charge in [0.25, 0.3) is 0 Å². The number of aromatic nitrogens is 2. The predicted molar refractivity (Wildman–Crippen MR) is 99.2 cm³/mol. The van der Waals surface area contributed by atoms with Crippen molar-refractivity contribution >= 4 is 37.7 Å². The molecular formula is C17H14BrN3O4S. The van der Waals surface area contributed by atoms with Gasteiger partial charge in [-0.1, -0.05) is 45.3 Å². The summed E-state index contributed by atoms with van der Waals surface area (Å²) in [6.07, 6.45) is -0.216. The zero-order valence-electron chi connectivity index (χ0n) is 13.4. The molecule has 0 spiro atoms. The maximum absolute atomic E-state index is 12.2. The molecule has 0 saturated carbocycles. The summed E-state index contributed by atoms with van der Waals surface area (Å²) >= 11 is 3.35. The van der Waals surface area contributed by atoms with E-state index < -0.39 is 15.7 Å². The molecule has 7 nitrogen and oxygen atoms in total. The van der Waals surface area contributed by atoms with Gasteiger partial charge in [-0.25, -0.2) is 8.42 Å². The zero-order chi connectivity index (χ0) is 18.6. The molecule has 1 N–H and O–H groups in total. The van der Waals surface area contributed by atoms with Gasteiger partial charge in [-0.15, -0.1) is 5.10 Å². The highest BCUT2D eigenvalue weighted by Crippen LogP contribution is 2.23. The van der Waals surface area contributed by atoms with E-state index in [4.69, 9.17) is 4.42 Å². The van der Waals surface area contributed by atoms with E-state index in [1.165, 1.54) is 12.1 Å². The van der Waals surface area contributed by atoms with E-state index in [2.05, 4.69) is 31.4 Å². The number of halogens is 1. The van der Waals surface area contributed by atoms with Crippen LogP contribution in [0.1, 0.15) is 6.42 Å². The fourth-order valence-corrected chi connectivity index (χ4v) is 3.83. The summed E-state index contributed by atoms with van der Waals surface area (Å²) in [6, 6.07) is 15.2. The van der Waals surface area contributed by atoms with Gasteiger partial charge in [0, 0.05) is 16.5 Å². The topological polar surface area (TPSA) is 102 Å². The molecular weight excluding hydrogens is 422 g/mol. The van der Waals surface area contributed by atoms with Crippen molar-refractivity contribution in [2.75, 3.05) is 11.1 Å². The molecule has 0 aliphatic rings. The third-order valence-electron chi connectivity index (χ3n) is 3.44. The van der Waals surface area contributed by atoms with Crippen LogP contribution in [0.5, 0.6) is 0 Å². The van der Waals surface area contributed by atoms with Gasteiger partial charge in [0.2, 0.25) is 11.8 Å². The van der Waals surface area contributed by atoms with E-state index in [-0.39, 0.29) is 29.0 Å². The Morgan fingerprint density at radius 3 is 2.58 bits per heavy atom. The molecule has 0 fully saturated rings. The Kier molecular flexibility index (Phi) is 5.48. The molecule has 0 aliphatic heterocycles. The third kappa shape index (κ3) is 4.55. The number of hydrogen-bond acceptors (Lipinski definition) is 6. The Labute approximate surface area is 158 Å².